The van der Waals surface area contributed by atoms with Crippen LogP contribution in [0.4, 0.5) is 17.6 Å². The Morgan fingerprint density at radius 2 is 1.92 bits per heavy atom. The van der Waals surface area contributed by atoms with Gasteiger partial charge in [-0.05, 0) is 17.7 Å². The van der Waals surface area contributed by atoms with Crippen molar-refractivity contribution in [3.8, 4) is 0 Å². The van der Waals surface area contributed by atoms with E-state index in [2.05, 4.69) is 4.74 Å². The standard InChI is InChI=1S/C13H14F4N2O5S/c1-24-10(20)4-5-25(22,23)19-11(12(18)21)8-3-2-7(14)6-9(8)13(15,16)17/h2-3,6,11,19H,4-5H2,1H3,(H2,18,21). The topological polar surface area (TPSA) is 116 Å². The summed E-state index contributed by atoms with van der Waals surface area (Å²) < 4.78 is 81.9. The molecular formula is C13H14F4N2O5S. The lowest BCUT2D eigenvalue weighted by atomic mass is 10.00. The second kappa shape index (κ2) is 7.78. The number of hydrogen-bond acceptors (Lipinski definition) is 5. The molecule has 1 amide bonds. The summed E-state index contributed by atoms with van der Waals surface area (Å²) in [5, 5.41) is 0. The molecule has 1 aromatic carbocycles. The van der Waals surface area contributed by atoms with Gasteiger partial charge in [0.25, 0.3) is 0 Å². The molecule has 140 valence electrons. The van der Waals surface area contributed by atoms with Crippen molar-refractivity contribution < 1.29 is 40.3 Å². The van der Waals surface area contributed by atoms with E-state index in [9.17, 15) is 35.6 Å². The Morgan fingerprint density at radius 3 is 2.40 bits per heavy atom. The van der Waals surface area contributed by atoms with E-state index in [1.165, 1.54) is 0 Å². The van der Waals surface area contributed by atoms with Crippen molar-refractivity contribution >= 4 is 21.9 Å². The summed E-state index contributed by atoms with van der Waals surface area (Å²) in [6, 6.07) is -0.742. The second-order valence-corrected chi connectivity index (χ2v) is 6.70. The van der Waals surface area contributed by atoms with E-state index in [-0.39, 0.29) is 6.07 Å². The minimum absolute atomic E-state index is 0.119. The molecule has 12 heteroatoms. The fourth-order valence-corrected chi connectivity index (χ4v) is 3.01. The number of carbonyl (C=O) groups excluding carboxylic acids is 2. The minimum atomic E-state index is -5.05. The van der Waals surface area contributed by atoms with E-state index >= 15 is 0 Å². The maximum absolute atomic E-state index is 13.1. The Balaban J connectivity index is 3.22. The lowest BCUT2D eigenvalue weighted by molar-refractivity contribution is -0.140. The maximum atomic E-state index is 13.1. The van der Waals surface area contributed by atoms with Gasteiger partial charge in [-0.25, -0.2) is 12.8 Å². The molecule has 0 saturated heterocycles. The van der Waals surface area contributed by atoms with Crippen LogP contribution in [0.2, 0.25) is 0 Å². The van der Waals surface area contributed by atoms with E-state index in [1.54, 1.807) is 4.72 Å². The number of amides is 1. The van der Waals surface area contributed by atoms with Crippen molar-refractivity contribution in [2.24, 2.45) is 5.73 Å². The number of halogens is 4. The molecule has 0 heterocycles. The van der Waals surface area contributed by atoms with Crippen LogP contribution in [0, 0.1) is 5.82 Å². The van der Waals surface area contributed by atoms with Crippen LogP contribution >= 0.6 is 0 Å². The third-order valence-electron chi connectivity index (χ3n) is 3.02. The fraction of sp³-hybridized carbons (Fsp3) is 0.385. The van der Waals surface area contributed by atoms with E-state index < -0.39 is 63.2 Å². The Morgan fingerprint density at radius 1 is 1.32 bits per heavy atom. The first-order chi connectivity index (χ1) is 11.4. The van der Waals surface area contributed by atoms with E-state index in [0.717, 1.165) is 7.11 Å². The van der Waals surface area contributed by atoms with Gasteiger partial charge < -0.3 is 10.5 Å². The van der Waals surface area contributed by atoms with Crippen molar-refractivity contribution in [3.05, 3.63) is 35.1 Å². The number of sulfonamides is 1. The molecule has 0 aliphatic carbocycles. The zero-order valence-electron chi connectivity index (χ0n) is 12.8. The monoisotopic (exact) mass is 386 g/mol. The summed E-state index contributed by atoms with van der Waals surface area (Å²) in [7, 11) is -3.35. The highest BCUT2D eigenvalue weighted by Crippen LogP contribution is 2.35. The van der Waals surface area contributed by atoms with Gasteiger partial charge in [-0.2, -0.15) is 17.9 Å². The van der Waals surface area contributed by atoms with Crippen LogP contribution in [0.1, 0.15) is 23.6 Å². The molecule has 0 bridgehead atoms. The largest absolute Gasteiger partial charge is 0.469 e. The minimum Gasteiger partial charge on any atom is -0.469 e. The first kappa shape index (κ1) is 20.8. The summed E-state index contributed by atoms with van der Waals surface area (Å²) in [5.74, 6) is -4.38. The molecule has 1 aromatic rings. The summed E-state index contributed by atoms with van der Waals surface area (Å²) in [5.41, 5.74) is 2.58. The SMILES string of the molecule is COC(=O)CCS(=O)(=O)NC(C(N)=O)c1ccc(F)cc1C(F)(F)F. The van der Waals surface area contributed by atoms with Crippen LogP contribution in [0.15, 0.2) is 18.2 Å². The molecule has 0 saturated carbocycles. The quantitative estimate of drug-likeness (QED) is 0.533. The van der Waals surface area contributed by atoms with Gasteiger partial charge >= 0.3 is 12.1 Å². The van der Waals surface area contributed by atoms with Gasteiger partial charge in [-0.3, -0.25) is 9.59 Å². The number of methoxy groups -OCH3 is 1. The maximum Gasteiger partial charge on any atom is 0.416 e. The van der Waals surface area contributed by atoms with Crippen LogP contribution in [0.3, 0.4) is 0 Å². The number of benzene rings is 1. The number of esters is 1. The van der Waals surface area contributed by atoms with E-state index in [4.69, 9.17) is 5.73 Å². The van der Waals surface area contributed by atoms with Gasteiger partial charge in [0.05, 0.1) is 24.8 Å². The van der Waals surface area contributed by atoms with Crippen molar-refractivity contribution in [1.82, 2.24) is 4.72 Å². The number of hydrogen-bond donors (Lipinski definition) is 2. The normalized spacial score (nSPS) is 13.3. The number of nitrogens with one attached hydrogen (secondary N) is 1. The zero-order chi connectivity index (χ0) is 19.4. The van der Waals surface area contributed by atoms with Gasteiger partial charge in [-0.1, -0.05) is 6.07 Å². The predicted molar refractivity (Wildman–Crippen MR) is 76.9 cm³/mol. The van der Waals surface area contributed by atoms with Gasteiger partial charge in [0.15, 0.2) is 0 Å². The first-order valence-electron chi connectivity index (χ1n) is 6.60. The lowest BCUT2D eigenvalue weighted by Gasteiger charge is -2.20. The average molecular weight is 386 g/mol. The number of nitrogens with two attached hydrogens (primary N) is 1. The van der Waals surface area contributed by atoms with E-state index in [1.807, 2.05) is 0 Å². The number of rotatable bonds is 7. The summed E-state index contributed by atoms with van der Waals surface area (Å²) in [6.07, 6.45) is -5.64. The van der Waals surface area contributed by atoms with Crippen molar-refractivity contribution in [3.63, 3.8) is 0 Å². The third kappa shape index (κ3) is 5.98. The highest BCUT2D eigenvalue weighted by Gasteiger charge is 2.38. The van der Waals surface area contributed by atoms with Crippen LogP contribution in [-0.2, 0) is 30.5 Å². The molecule has 0 aromatic heterocycles. The smallest absolute Gasteiger partial charge is 0.416 e. The van der Waals surface area contributed by atoms with Crippen LogP contribution in [0.25, 0.3) is 0 Å². The Labute approximate surface area is 140 Å². The molecule has 1 rings (SSSR count). The van der Waals surface area contributed by atoms with E-state index in [0.29, 0.717) is 12.1 Å². The molecule has 0 aliphatic rings. The average Bonchev–Trinajstić information content (AvgIpc) is 2.49. The second-order valence-electron chi connectivity index (χ2n) is 4.83. The number of primary amides is 1. The van der Waals surface area contributed by atoms with Gasteiger partial charge in [-0.15, -0.1) is 0 Å². The van der Waals surface area contributed by atoms with Crippen LogP contribution in [0.5, 0.6) is 0 Å². The highest BCUT2D eigenvalue weighted by atomic mass is 32.2. The van der Waals surface area contributed by atoms with Crippen molar-refractivity contribution in [2.75, 3.05) is 12.9 Å². The molecule has 0 radical (unpaired) electrons. The molecular weight excluding hydrogens is 372 g/mol. The van der Waals surface area contributed by atoms with Crippen LogP contribution < -0.4 is 10.5 Å². The molecule has 0 spiro atoms. The molecule has 7 nitrogen and oxygen atoms in total. The third-order valence-corrected chi connectivity index (χ3v) is 4.35. The zero-order valence-corrected chi connectivity index (χ0v) is 13.6. The van der Waals surface area contributed by atoms with Gasteiger partial charge in [0, 0.05) is 0 Å². The Hall–Kier alpha value is -2.21. The van der Waals surface area contributed by atoms with Crippen molar-refractivity contribution in [1.29, 1.82) is 0 Å². The summed E-state index contributed by atoms with van der Waals surface area (Å²) >= 11 is 0. The molecule has 0 fully saturated rings. The summed E-state index contributed by atoms with van der Waals surface area (Å²) in [6.45, 7) is 0. The molecule has 1 unspecified atom stereocenters. The van der Waals surface area contributed by atoms with Gasteiger partial charge in [0.1, 0.15) is 11.9 Å². The Bertz CT molecular complexity index is 764. The Kier molecular flexibility index (Phi) is 6.48. The number of carbonyl (C=O) groups is 2. The number of alkyl halides is 3. The molecule has 25 heavy (non-hydrogen) atoms. The fourth-order valence-electron chi connectivity index (χ4n) is 1.86. The highest BCUT2D eigenvalue weighted by molar-refractivity contribution is 7.89. The lowest BCUT2D eigenvalue weighted by Crippen LogP contribution is -2.40. The molecule has 3 N–H and O–H groups in total. The van der Waals surface area contributed by atoms with Crippen LogP contribution in [-0.4, -0.2) is 33.2 Å². The summed E-state index contributed by atoms with van der Waals surface area (Å²) in [4.78, 5) is 22.5. The number of ether oxygens (including phenoxy) is 1. The van der Waals surface area contributed by atoms with Crippen molar-refractivity contribution in [2.45, 2.75) is 18.6 Å². The van der Waals surface area contributed by atoms with Gasteiger partial charge in [0.2, 0.25) is 15.9 Å². The first-order valence-corrected chi connectivity index (χ1v) is 8.25. The molecule has 0 aliphatic heterocycles. The molecule has 1 atom stereocenters. The predicted octanol–water partition coefficient (Wildman–Crippen LogP) is 0.853.